The zero-order valence-electron chi connectivity index (χ0n) is 29.0. The zero-order valence-corrected chi connectivity index (χ0v) is 29.0. The van der Waals surface area contributed by atoms with E-state index in [4.69, 9.17) is 4.42 Å². The van der Waals surface area contributed by atoms with Crippen LogP contribution < -0.4 is 4.90 Å². The molecule has 0 aliphatic rings. The SMILES string of the molecule is Cc1cccc(N(c2ccc(-c3cccc(-n4c5ccccc5c5cc(F)ccc54)c3)cc2)c2ccc(-c3cccc4oc5ccccc5c34)cc2)c1. The minimum absolute atomic E-state index is 0.231. The molecule has 2 heterocycles. The molecule has 252 valence electrons. The Labute approximate surface area is 306 Å². The van der Waals surface area contributed by atoms with E-state index in [1.165, 1.54) is 11.6 Å². The monoisotopic (exact) mass is 684 g/mol. The van der Waals surface area contributed by atoms with Crippen LogP contribution in [-0.4, -0.2) is 4.57 Å². The van der Waals surface area contributed by atoms with Gasteiger partial charge in [-0.25, -0.2) is 4.39 Å². The van der Waals surface area contributed by atoms with Crippen LogP contribution in [-0.2, 0) is 0 Å². The standard InChI is InChI=1S/C49H33FN2O/c1-32-9-6-11-39(29-32)51(38-26-21-34(22-27-38)41-15-8-18-48-49(41)43-14-3-5-17-47(43)53-48)37-24-19-33(20-25-37)35-10-7-12-40(30-35)52-45-16-4-2-13-42(45)44-31-36(50)23-28-46(44)52/h2-31H,1H3. The van der Waals surface area contributed by atoms with E-state index in [9.17, 15) is 4.39 Å². The van der Waals surface area contributed by atoms with Crippen molar-refractivity contribution in [2.24, 2.45) is 0 Å². The fourth-order valence-electron chi connectivity index (χ4n) is 7.87. The van der Waals surface area contributed by atoms with E-state index in [1.54, 1.807) is 6.07 Å². The summed E-state index contributed by atoms with van der Waals surface area (Å²) in [4.78, 5) is 2.31. The Morgan fingerprint density at radius 1 is 0.472 bits per heavy atom. The summed E-state index contributed by atoms with van der Waals surface area (Å²) in [6.07, 6.45) is 0. The van der Waals surface area contributed by atoms with Crippen LogP contribution in [0.2, 0.25) is 0 Å². The second-order valence-corrected chi connectivity index (χ2v) is 13.6. The summed E-state index contributed by atoms with van der Waals surface area (Å²) in [7, 11) is 0. The van der Waals surface area contributed by atoms with Crippen LogP contribution in [0.25, 0.3) is 71.7 Å². The van der Waals surface area contributed by atoms with Gasteiger partial charge in [-0.3, -0.25) is 0 Å². The van der Waals surface area contributed by atoms with Crippen molar-refractivity contribution in [2.75, 3.05) is 4.90 Å². The van der Waals surface area contributed by atoms with Crippen LogP contribution in [0, 0.1) is 12.7 Å². The van der Waals surface area contributed by atoms with Gasteiger partial charge in [0.1, 0.15) is 17.0 Å². The third-order valence-electron chi connectivity index (χ3n) is 10.3. The van der Waals surface area contributed by atoms with Crippen LogP contribution in [0.3, 0.4) is 0 Å². The third kappa shape index (κ3) is 5.27. The van der Waals surface area contributed by atoms with E-state index in [0.29, 0.717) is 0 Å². The van der Waals surface area contributed by atoms with Gasteiger partial charge in [-0.05, 0) is 120 Å². The Bertz CT molecular complexity index is 2970. The number of rotatable bonds is 6. The molecule has 0 unspecified atom stereocenters. The second kappa shape index (κ2) is 12.4. The Balaban J connectivity index is 1.03. The number of halogens is 1. The van der Waals surface area contributed by atoms with Gasteiger partial charge in [0.2, 0.25) is 0 Å². The average Bonchev–Trinajstić information content (AvgIpc) is 3.74. The molecule has 10 rings (SSSR count). The lowest BCUT2D eigenvalue weighted by atomic mass is 9.99. The number of anilines is 3. The van der Waals surface area contributed by atoms with Crippen molar-refractivity contribution in [1.82, 2.24) is 4.57 Å². The Morgan fingerprint density at radius 3 is 1.96 bits per heavy atom. The number of furan rings is 1. The number of benzene rings is 8. The van der Waals surface area contributed by atoms with Gasteiger partial charge >= 0.3 is 0 Å². The molecule has 0 N–H and O–H groups in total. The van der Waals surface area contributed by atoms with Gasteiger partial charge in [-0.1, -0.05) is 97.1 Å². The summed E-state index contributed by atoms with van der Waals surface area (Å²) >= 11 is 0. The lowest BCUT2D eigenvalue weighted by molar-refractivity contribution is 0.629. The highest BCUT2D eigenvalue weighted by Gasteiger charge is 2.17. The highest BCUT2D eigenvalue weighted by molar-refractivity contribution is 6.12. The molecule has 0 bridgehead atoms. The first-order chi connectivity index (χ1) is 26.1. The smallest absolute Gasteiger partial charge is 0.136 e. The summed E-state index contributed by atoms with van der Waals surface area (Å²) in [5.74, 6) is -0.231. The van der Waals surface area contributed by atoms with Crippen molar-refractivity contribution < 1.29 is 8.81 Å². The van der Waals surface area contributed by atoms with Gasteiger partial charge in [0.15, 0.2) is 0 Å². The molecule has 3 nitrogen and oxygen atoms in total. The molecule has 8 aromatic carbocycles. The number of nitrogens with zero attached hydrogens (tertiary/aromatic N) is 2. The lowest BCUT2D eigenvalue weighted by Gasteiger charge is -2.26. The van der Waals surface area contributed by atoms with E-state index in [-0.39, 0.29) is 5.82 Å². The molecule has 0 saturated carbocycles. The molecule has 0 amide bonds. The van der Waals surface area contributed by atoms with Gasteiger partial charge in [-0.15, -0.1) is 0 Å². The average molecular weight is 685 g/mol. The minimum atomic E-state index is -0.231. The predicted molar refractivity (Wildman–Crippen MR) is 218 cm³/mol. The Kier molecular flexibility index (Phi) is 7.22. The molecule has 0 aliphatic heterocycles. The quantitative estimate of drug-likeness (QED) is 0.174. The maximum atomic E-state index is 14.3. The number of aromatic nitrogens is 1. The highest BCUT2D eigenvalue weighted by atomic mass is 19.1. The summed E-state index contributed by atoms with van der Waals surface area (Å²) in [5.41, 5.74) is 13.8. The fourth-order valence-corrected chi connectivity index (χ4v) is 7.87. The summed E-state index contributed by atoms with van der Waals surface area (Å²) in [6, 6.07) is 62.5. The first kappa shape index (κ1) is 30.9. The van der Waals surface area contributed by atoms with Crippen LogP contribution in [0.1, 0.15) is 5.56 Å². The molecule has 4 heteroatoms. The van der Waals surface area contributed by atoms with Crippen LogP contribution in [0.15, 0.2) is 186 Å². The van der Waals surface area contributed by atoms with Crippen molar-refractivity contribution in [1.29, 1.82) is 0 Å². The number of hydrogen-bond donors (Lipinski definition) is 0. The Morgan fingerprint density at radius 2 is 1.15 bits per heavy atom. The van der Waals surface area contributed by atoms with E-state index >= 15 is 0 Å². The van der Waals surface area contributed by atoms with Crippen LogP contribution >= 0.6 is 0 Å². The number of para-hydroxylation sites is 2. The molecule has 0 spiro atoms. The minimum Gasteiger partial charge on any atom is -0.456 e. The summed E-state index contributed by atoms with van der Waals surface area (Å²) < 4.78 is 22.8. The van der Waals surface area contributed by atoms with Gasteiger partial charge in [0, 0.05) is 44.3 Å². The van der Waals surface area contributed by atoms with Crippen molar-refractivity contribution >= 4 is 60.8 Å². The molecule has 53 heavy (non-hydrogen) atoms. The molecular weight excluding hydrogens is 652 g/mol. The van der Waals surface area contributed by atoms with Crippen molar-refractivity contribution in [2.45, 2.75) is 6.92 Å². The van der Waals surface area contributed by atoms with E-state index < -0.39 is 0 Å². The molecule has 0 atom stereocenters. The van der Waals surface area contributed by atoms with Crippen molar-refractivity contribution in [3.8, 4) is 27.9 Å². The van der Waals surface area contributed by atoms with Crippen LogP contribution in [0.5, 0.6) is 0 Å². The first-order valence-electron chi connectivity index (χ1n) is 17.9. The first-order valence-corrected chi connectivity index (χ1v) is 17.9. The maximum absolute atomic E-state index is 14.3. The van der Waals surface area contributed by atoms with Crippen LogP contribution in [0.4, 0.5) is 21.5 Å². The second-order valence-electron chi connectivity index (χ2n) is 13.6. The normalized spacial score (nSPS) is 11.6. The Hall–Kier alpha value is -6.91. The maximum Gasteiger partial charge on any atom is 0.136 e. The van der Waals surface area contributed by atoms with E-state index in [1.807, 2.05) is 36.4 Å². The van der Waals surface area contributed by atoms with E-state index in [2.05, 4.69) is 150 Å². The summed E-state index contributed by atoms with van der Waals surface area (Å²) in [5, 5.41) is 4.21. The largest absolute Gasteiger partial charge is 0.456 e. The predicted octanol–water partition coefficient (Wildman–Crippen LogP) is 13.9. The number of hydrogen-bond acceptors (Lipinski definition) is 2. The zero-order chi connectivity index (χ0) is 35.5. The third-order valence-corrected chi connectivity index (χ3v) is 10.3. The van der Waals surface area contributed by atoms with Crippen molar-refractivity contribution in [3.63, 3.8) is 0 Å². The molecule has 0 aliphatic carbocycles. The molecule has 0 fully saturated rings. The van der Waals surface area contributed by atoms with Gasteiger partial charge in [0.25, 0.3) is 0 Å². The molecule has 0 saturated heterocycles. The van der Waals surface area contributed by atoms with Gasteiger partial charge < -0.3 is 13.9 Å². The van der Waals surface area contributed by atoms with Gasteiger partial charge in [0.05, 0.1) is 11.0 Å². The highest BCUT2D eigenvalue weighted by Crippen LogP contribution is 2.40. The fraction of sp³-hybridized carbons (Fsp3) is 0.0204. The van der Waals surface area contributed by atoms with Gasteiger partial charge in [-0.2, -0.15) is 0 Å². The number of aryl methyl sites for hydroxylation is 1. The molecular formula is C49H33FN2O. The van der Waals surface area contributed by atoms with Crippen molar-refractivity contribution in [3.05, 3.63) is 193 Å². The lowest BCUT2D eigenvalue weighted by Crippen LogP contribution is -2.10. The summed E-state index contributed by atoms with van der Waals surface area (Å²) in [6.45, 7) is 2.13. The molecule has 0 radical (unpaired) electrons. The molecule has 2 aromatic heterocycles. The van der Waals surface area contributed by atoms with E-state index in [0.717, 1.165) is 88.7 Å². The molecule has 10 aromatic rings. The topological polar surface area (TPSA) is 21.3 Å². The number of fused-ring (bicyclic) bond motifs is 6.